The predicted octanol–water partition coefficient (Wildman–Crippen LogP) is 3.27. The molecule has 2 aromatic carbocycles. The molecule has 0 aliphatic carbocycles. The van der Waals surface area contributed by atoms with Crippen molar-refractivity contribution in [2.45, 2.75) is 0 Å². The van der Waals surface area contributed by atoms with E-state index < -0.39 is 5.97 Å². The summed E-state index contributed by atoms with van der Waals surface area (Å²) in [5, 5.41) is 9.03. The molecule has 5 heteroatoms. The highest BCUT2D eigenvalue weighted by Crippen LogP contribution is 2.15. The van der Waals surface area contributed by atoms with Crippen LogP contribution in [0.1, 0.15) is 21.5 Å². The summed E-state index contributed by atoms with van der Waals surface area (Å²) in [4.78, 5) is 13.3. The van der Waals surface area contributed by atoms with Crippen LogP contribution in [0.2, 0.25) is 0 Å². The van der Waals surface area contributed by atoms with Crippen molar-refractivity contribution < 1.29 is 19.4 Å². The van der Waals surface area contributed by atoms with E-state index in [-0.39, 0.29) is 5.56 Å². The van der Waals surface area contributed by atoms with Gasteiger partial charge >= 0.3 is 5.97 Å². The molecule has 0 spiro atoms. The zero-order valence-electron chi connectivity index (χ0n) is 14.6. The summed E-state index contributed by atoms with van der Waals surface area (Å²) in [6.07, 6.45) is 3.86. The quantitative estimate of drug-likeness (QED) is 0.774. The number of carboxylic acid groups (broad SMARTS) is 1. The van der Waals surface area contributed by atoms with Gasteiger partial charge in [0.05, 0.1) is 18.8 Å². The van der Waals surface area contributed by atoms with Gasteiger partial charge in [-0.1, -0.05) is 36.4 Å². The monoisotopic (exact) mass is 353 g/mol. The van der Waals surface area contributed by atoms with Crippen LogP contribution in [0.15, 0.2) is 48.5 Å². The first-order valence-electron chi connectivity index (χ1n) is 8.75. The van der Waals surface area contributed by atoms with Crippen molar-refractivity contribution >= 4 is 18.1 Å². The largest absolute Gasteiger partial charge is 0.492 e. The molecule has 2 aromatic rings. The molecule has 1 heterocycles. The molecule has 1 N–H and O–H groups in total. The molecule has 5 nitrogen and oxygen atoms in total. The molecular formula is C21H23NO4. The molecule has 0 bridgehead atoms. The van der Waals surface area contributed by atoms with E-state index in [1.165, 1.54) is 0 Å². The zero-order valence-corrected chi connectivity index (χ0v) is 14.6. The lowest BCUT2D eigenvalue weighted by Crippen LogP contribution is -2.38. The molecule has 1 aliphatic heterocycles. The summed E-state index contributed by atoms with van der Waals surface area (Å²) in [5.41, 5.74) is 2.18. The Morgan fingerprint density at radius 2 is 1.81 bits per heavy atom. The van der Waals surface area contributed by atoms with E-state index in [9.17, 15) is 4.79 Å². The summed E-state index contributed by atoms with van der Waals surface area (Å²) in [6, 6.07) is 14.7. The first-order chi connectivity index (χ1) is 12.7. The van der Waals surface area contributed by atoms with Crippen LogP contribution in [0.3, 0.4) is 0 Å². The molecule has 26 heavy (non-hydrogen) atoms. The Kier molecular flexibility index (Phi) is 6.41. The van der Waals surface area contributed by atoms with Gasteiger partial charge in [-0.25, -0.2) is 4.79 Å². The predicted molar refractivity (Wildman–Crippen MR) is 102 cm³/mol. The van der Waals surface area contributed by atoms with E-state index in [1.807, 2.05) is 42.5 Å². The maximum atomic E-state index is 11.0. The van der Waals surface area contributed by atoms with Gasteiger partial charge in [0.1, 0.15) is 12.4 Å². The van der Waals surface area contributed by atoms with Crippen LogP contribution in [-0.4, -0.2) is 55.4 Å². The van der Waals surface area contributed by atoms with Crippen molar-refractivity contribution in [3.8, 4) is 5.75 Å². The fourth-order valence-corrected chi connectivity index (χ4v) is 2.76. The number of aromatic carboxylic acids is 1. The lowest BCUT2D eigenvalue weighted by molar-refractivity contribution is 0.0322. The van der Waals surface area contributed by atoms with Crippen molar-refractivity contribution in [1.82, 2.24) is 4.90 Å². The molecule has 0 aromatic heterocycles. The number of morpholine rings is 1. The van der Waals surface area contributed by atoms with Gasteiger partial charge in [-0.3, -0.25) is 4.90 Å². The Morgan fingerprint density at radius 3 is 2.54 bits per heavy atom. The molecule has 0 saturated carbocycles. The van der Waals surface area contributed by atoms with Crippen LogP contribution in [0.4, 0.5) is 0 Å². The number of hydrogen-bond donors (Lipinski definition) is 1. The minimum absolute atomic E-state index is 0.288. The number of nitrogens with zero attached hydrogens (tertiary/aromatic N) is 1. The van der Waals surface area contributed by atoms with Crippen molar-refractivity contribution in [3.63, 3.8) is 0 Å². The third-order valence-corrected chi connectivity index (χ3v) is 4.26. The van der Waals surface area contributed by atoms with Crippen LogP contribution in [-0.2, 0) is 4.74 Å². The number of hydrogen-bond acceptors (Lipinski definition) is 4. The minimum atomic E-state index is -0.918. The summed E-state index contributed by atoms with van der Waals surface area (Å²) in [5.74, 6) is -0.0675. The standard InChI is InChI=1S/C21H23NO4/c23-21(24)19-3-1-2-18(16-19)5-4-17-6-8-20(9-7-17)26-15-12-22-10-13-25-14-11-22/h1-9,16H,10-15H2,(H,23,24)/b5-4+. The topological polar surface area (TPSA) is 59.0 Å². The molecule has 1 saturated heterocycles. The minimum Gasteiger partial charge on any atom is -0.492 e. The van der Waals surface area contributed by atoms with E-state index in [0.717, 1.165) is 49.7 Å². The van der Waals surface area contributed by atoms with Gasteiger partial charge in [0.2, 0.25) is 0 Å². The maximum absolute atomic E-state index is 11.0. The fourth-order valence-electron chi connectivity index (χ4n) is 2.76. The molecular weight excluding hydrogens is 330 g/mol. The van der Waals surface area contributed by atoms with Gasteiger partial charge in [-0.2, -0.15) is 0 Å². The Labute approximate surface area is 153 Å². The molecule has 1 aliphatic rings. The van der Waals surface area contributed by atoms with Crippen LogP contribution >= 0.6 is 0 Å². The van der Waals surface area contributed by atoms with Gasteiger partial charge < -0.3 is 14.6 Å². The van der Waals surface area contributed by atoms with Gasteiger partial charge in [0.15, 0.2) is 0 Å². The highest BCUT2D eigenvalue weighted by molar-refractivity contribution is 5.88. The van der Waals surface area contributed by atoms with Crippen LogP contribution in [0, 0.1) is 0 Å². The molecule has 1 fully saturated rings. The van der Waals surface area contributed by atoms with E-state index in [4.69, 9.17) is 14.6 Å². The second kappa shape index (κ2) is 9.17. The summed E-state index contributed by atoms with van der Waals surface area (Å²) in [6.45, 7) is 5.11. The molecule has 0 radical (unpaired) electrons. The maximum Gasteiger partial charge on any atom is 0.335 e. The van der Waals surface area contributed by atoms with Crippen LogP contribution in [0.25, 0.3) is 12.2 Å². The van der Waals surface area contributed by atoms with Crippen LogP contribution in [0.5, 0.6) is 5.75 Å². The first-order valence-corrected chi connectivity index (χ1v) is 8.75. The number of carboxylic acids is 1. The first kappa shape index (κ1) is 18.2. The normalized spacial score (nSPS) is 15.2. The highest BCUT2D eigenvalue weighted by Gasteiger charge is 2.09. The Balaban J connectivity index is 1.50. The number of ether oxygens (including phenoxy) is 2. The molecule has 0 atom stereocenters. The third kappa shape index (κ3) is 5.44. The second-order valence-electron chi connectivity index (χ2n) is 6.14. The molecule has 136 valence electrons. The van der Waals surface area contributed by atoms with Gasteiger partial charge in [0, 0.05) is 19.6 Å². The van der Waals surface area contributed by atoms with Gasteiger partial charge in [-0.15, -0.1) is 0 Å². The third-order valence-electron chi connectivity index (χ3n) is 4.26. The van der Waals surface area contributed by atoms with E-state index >= 15 is 0 Å². The smallest absolute Gasteiger partial charge is 0.335 e. The number of carbonyl (C=O) groups is 1. The number of rotatable bonds is 7. The average Bonchev–Trinajstić information content (AvgIpc) is 2.68. The molecule has 0 amide bonds. The Bertz CT molecular complexity index is 749. The van der Waals surface area contributed by atoms with E-state index in [0.29, 0.717) is 6.61 Å². The highest BCUT2D eigenvalue weighted by atomic mass is 16.5. The molecule has 0 unspecified atom stereocenters. The summed E-state index contributed by atoms with van der Waals surface area (Å²) in [7, 11) is 0. The van der Waals surface area contributed by atoms with E-state index in [1.54, 1.807) is 18.2 Å². The zero-order chi connectivity index (χ0) is 18.2. The van der Waals surface area contributed by atoms with Gasteiger partial charge in [0.25, 0.3) is 0 Å². The summed E-state index contributed by atoms with van der Waals surface area (Å²) >= 11 is 0. The average molecular weight is 353 g/mol. The SMILES string of the molecule is O=C(O)c1cccc(/C=C/c2ccc(OCCN3CCOCC3)cc2)c1. The second-order valence-corrected chi connectivity index (χ2v) is 6.14. The lowest BCUT2D eigenvalue weighted by atomic mass is 10.1. The number of benzene rings is 2. The Morgan fingerprint density at radius 1 is 1.08 bits per heavy atom. The fraction of sp³-hybridized carbons (Fsp3) is 0.286. The summed E-state index contributed by atoms with van der Waals surface area (Å²) < 4.78 is 11.1. The van der Waals surface area contributed by atoms with Crippen molar-refractivity contribution in [2.75, 3.05) is 39.5 Å². The molecule has 3 rings (SSSR count). The Hall–Kier alpha value is -2.63. The lowest BCUT2D eigenvalue weighted by Gasteiger charge is -2.26. The van der Waals surface area contributed by atoms with Crippen LogP contribution < -0.4 is 4.74 Å². The van der Waals surface area contributed by atoms with Crippen molar-refractivity contribution in [3.05, 3.63) is 65.2 Å². The van der Waals surface area contributed by atoms with Gasteiger partial charge in [-0.05, 0) is 35.4 Å². The van der Waals surface area contributed by atoms with Crippen molar-refractivity contribution in [1.29, 1.82) is 0 Å². The van der Waals surface area contributed by atoms with E-state index in [2.05, 4.69) is 4.90 Å². The van der Waals surface area contributed by atoms with Crippen molar-refractivity contribution in [2.24, 2.45) is 0 Å².